The molecule has 2 amide bonds. The summed E-state index contributed by atoms with van der Waals surface area (Å²) in [5, 5.41) is 8.00. The normalized spacial score (nSPS) is 14.9. The highest BCUT2D eigenvalue weighted by atomic mass is 35.5. The van der Waals surface area contributed by atoms with Crippen LogP contribution < -0.4 is 5.32 Å². The van der Waals surface area contributed by atoms with Gasteiger partial charge in [0.15, 0.2) is 0 Å². The summed E-state index contributed by atoms with van der Waals surface area (Å²) in [6.45, 7) is 4.89. The lowest BCUT2D eigenvalue weighted by Crippen LogP contribution is -2.51. The lowest BCUT2D eigenvalue weighted by Gasteiger charge is -2.34. The monoisotopic (exact) mass is 423 g/mol. The van der Waals surface area contributed by atoms with Crippen LogP contribution in [0.1, 0.15) is 21.6 Å². The molecule has 0 saturated carbocycles. The first-order chi connectivity index (χ1) is 13.4. The number of halogens is 2. The number of piperazine rings is 1. The van der Waals surface area contributed by atoms with Crippen molar-refractivity contribution >= 4 is 35.0 Å². The Morgan fingerprint density at radius 1 is 1.14 bits per heavy atom. The van der Waals surface area contributed by atoms with Gasteiger partial charge < -0.3 is 10.2 Å². The lowest BCUT2D eigenvalue weighted by molar-refractivity contribution is -0.122. The third-order valence-corrected chi connectivity index (χ3v) is 5.62. The predicted octanol–water partition coefficient (Wildman–Crippen LogP) is 2.05. The number of amides is 2. The Kier molecular flexibility index (Phi) is 6.59. The molecule has 0 spiro atoms. The molecule has 1 N–H and O–H groups in total. The molecule has 150 valence electrons. The van der Waals surface area contributed by atoms with Gasteiger partial charge in [0.25, 0.3) is 5.91 Å². The van der Waals surface area contributed by atoms with Crippen molar-refractivity contribution in [1.29, 1.82) is 0 Å². The minimum Gasteiger partial charge on any atom is -0.358 e. The Bertz CT molecular complexity index is 875. The molecule has 2 aromatic rings. The zero-order valence-electron chi connectivity index (χ0n) is 15.9. The summed E-state index contributed by atoms with van der Waals surface area (Å²) >= 11 is 12.7. The molecule has 28 heavy (non-hydrogen) atoms. The summed E-state index contributed by atoms with van der Waals surface area (Å²) in [6.07, 6.45) is 0. The van der Waals surface area contributed by atoms with E-state index in [1.165, 1.54) is 0 Å². The van der Waals surface area contributed by atoms with Gasteiger partial charge in [-0.15, -0.1) is 0 Å². The van der Waals surface area contributed by atoms with Crippen LogP contribution in [0, 0.1) is 6.92 Å². The quantitative estimate of drug-likeness (QED) is 0.798. The van der Waals surface area contributed by atoms with E-state index in [9.17, 15) is 9.59 Å². The van der Waals surface area contributed by atoms with Gasteiger partial charge in [-0.25, -0.2) is 4.68 Å². The molecule has 1 fully saturated rings. The van der Waals surface area contributed by atoms with E-state index in [-0.39, 0.29) is 11.8 Å². The van der Waals surface area contributed by atoms with Crippen molar-refractivity contribution in [1.82, 2.24) is 24.9 Å². The number of aryl methyl sites for hydroxylation is 1. The number of nitrogens with zero attached hydrogens (tertiary/aromatic N) is 4. The maximum atomic E-state index is 13.0. The van der Waals surface area contributed by atoms with Gasteiger partial charge in [-0.3, -0.25) is 14.5 Å². The topological polar surface area (TPSA) is 70.5 Å². The van der Waals surface area contributed by atoms with E-state index < -0.39 is 0 Å². The fourth-order valence-corrected chi connectivity index (χ4v) is 3.75. The Labute approximate surface area is 174 Å². The predicted molar refractivity (Wildman–Crippen MR) is 109 cm³/mol. The third-order valence-electron chi connectivity index (χ3n) is 4.86. The van der Waals surface area contributed by atoms with Crippen LogP contribution in [0.15, 0.2) is 24.3 Å². The Balaban J connectivity index is 1.70. The second-order valence-corrected chi connectivity index (χ2v) is 7.51. The van der Waals surface area contributed by atoms with Gasteiger partial charge in [0.05, 0.1) is 24.3 Å². The standard InChI is InChI=1S/C19H23Cl2N5O2/c1-13-17(18(21)26(23-13)11-14-5-3-4-6-15(14)20)19(28)25-9-7-24(8-10-25)12-16(27)22-2/h3-6H,7-12H2,1-2H3,(H,22,27). The molecule has 1 aliphatic heterocycles. The number of nitrogens with one attached hydrogen (secondary N) is 1. The summed E-state index contributed by atoms with van der Waals surface area (Å²) in [5.74, 6) is -0.160. The molecule has 9 heteroatoms. The van der Waals surface area contributed by atoms with Gasteiger partial charge in [0, 0.05) is 38.2 Å². The molecule has 1 aromatic heterocycles. The zero-order chi connectivity index (χ0) is 20.3. The van der Waals surface area contributed by atoms with Crippen molar-refractivity contribution in [2.75, 3.05) is 39.8 Å². The van der Waals surface area contributed by atoms with Gasteiger partial charge in [0.2, 0.25) is 5.91 Å². The zero-order valence-corrected chi connectivity index (χ0v) is 17.4. The van der Waals surface area contributed by atoms with Gasteiger partial charge in [0.1, 0.15) is 5.15 Å². The molecule has 0 aliphatic carbocycles. The number of carbonyl (C=O) groups is 2. The summed E-state index contributed by atoms with van der Waals surface area (Å²) in [5.41, 5.74) is 1.90. The van der Waals surface area contributed by atoms with E-state index >= 15 is 0 Å². The van der Waals surface area contributed by atoms with Gasteiger partial charge >= 0.3 is 0 Å². The van der Waals surface area contributed by atoms with Crippen LogP contribution in [0.25, 0.3) is 0 Å². The SMILES string of the molecule is CNC(=O)CN1CCN(C(=O)c2c(C)nn(Cc3ccccc3Cl)c2Cl)CC1. The highest BCUT2D eigenvalue weighted by molar-refractivity contribution is 6.33. The second kappa shape index (κ2) is 8.94. The van der Waals surface area contributed by atoms with Crippen LogP contribution in [0.2, 0.25) is 10.2 Å². The van der Waals surface area contributed by atoms with E-state index in [0.717, 1.165) is 5.56 Å². The van der Waals surface area contributed by atoms with E-state index in [1.54, 1.807) is 23.6 Å². The number of hydrogen-bond donors (Lipinski definition) is 1. The van der Waals surface area contributed by atoms with Crippen molar-refractivity contribution in [3.05, 3.63) is 51.3 Å². The van der Waals surface area contributed by atoms with Gasteiger partial charge in [-0.05, 0) is 18.6 Å². The maximum Gasteiger partial charge on any atom is 0.258 e. The van der Waals surface area contributed by atoms with Crippen molar-refractivity contribution < 1.29 is 9.59 Å². The minimum absolute atomic E-state index is 0.0282. The average molecular weight is 424 g/mol. The Hall–Kier alpha value is -2.09. The molecule has 1 aliphatic rings. The van der Waals surface area contributed by atoms with E-state index in [1.807, 2.05) is 29.2 Å². The smallest absolute Gasteiger partial charge is 0.258 e. The summed E-state index contributed by atoms with van der Waals surface area (Å²) < 4.78 is 1.60. The number of benzene rings is 1. The molecule has 3 rings (SSSR count). The first-order valence-electron chi connectivity index (χ1n) is 9.09. The molecule has 1 aromatic carbocycles. The highest BCUT2D eigenvalue weighted by Gasteiger charge is 2.28. The Morgan fingerprint density at radius 2 is 1.82 bits per heavy atom. The van der Waals surface area contributed by atoms with Crippen molar-refractivity contribution in [3.63, 3.8) is 0 Å². The van der Waals surface area contributed by atoms with Crippen LogP contribution in [-0.2, 0) is 11.3 Å². The average Bonchev–Trinajstić information content (AvgIpc) is 2.96. The summed E-state index contributed by atoms with van der Waals surface area (Å²) in [4.78, 5) is 28.3. The second-order valence-electron chi connectivity index (χ2n) is 6.74. The summed E-state index contributed by atoms with van der Waals surface area (Å²) in [6, 6.07) is 7.48. The fourth-order valence-electron chi connectivity index (χ4n) is 3.24. The largest absolute Gasteiger partial charge is 0.358 e. The Morgan fingerprint density at radius 3 is 2.46 bits per heavy atom. The van der Waals surface area contributed by atoms with Gasteiger partial charge in [-0.2, -0.15) is 5.10 Å². The molecule has 1 saturated heterocycles. The molecular weight excluding hydrogens is 401 g/mol. The van der Waals surface area contributed by atoms with E-state index in [4.69, 9.17) is 23.2 Å². The fraction of sp³-hybridized carbons (Fsp3) is 0.421. The minimum atomic E-state index is -0.132. The molecule has 0 unspecified atom stereocenters. The first kappa shape index (κ1) is 20.6. The van der Waals surface area contributed by atoms with Gasteiger partial charge in [-0.1, -0.05) is 41.4 Å². The van der Waals surface area contributed by atoms with Crippen molar-refractivity contribution in [3.8, 4) is 0 Å². The van der Waals surface area contributed by atoms with Crippen LogP contribution in [0.5, 0.6) is 0 Å². The van der Waals surface area contributed by atoms with Crippen molar-refractivity contribution in [2.24, 2.45) is 0 Å². The molecule has 0 atom stereocenters. The number of aromatic nitrogens is 2. The summed E-state index contributed by atoms with van der Waals surface area (Å²) in [7, 11) is 1.62. The van der Waals surface area contributed by atoms with Crippen LogP contribution in [0.4, 0.5) is 0 Å². The van der Waals surface area contributed by atoms with Crippen LogP contribution >= 0.6 is 23.2 Å². The highest BCUT2D eigenvalue weighted by Crippen LogP contribution is 2.25. The number of carbonyl (C=O) groups excluding carboxylic acids is 2. The van der Waals surface area contributed by atoms with E-state index in [2.05, 4.69) is 10.4 Å². The molecule has 0 radical (unpaired) electrons. The molecule has 7 nitrogen and oxygen atoms in total. The molecule has 2 heterocycles. The molecule has 0 bridgehead atoms. The van der Waals surface area contributed by atoms with Crippen LogP contribution in [0.3, 0.4) is 0 Å². The van der Waals surface area contributed by atoms with E-state index in [0.29, 0.717) is 60.7 Å². The third kappa shape index (κ3) is 4.48. The number of hydrogen-bond acceptors (Lipinski definition) is 4. The van der Waals surface area contributed by atoms with Crippen molar-refractivity contribution in [2.45, 2.75) is 13.5 Å². The molecular formula is C19H23Cl2N5O2. The lowest BCUT2D eigenvalue weighted by atomic mass is 10.2. The maximum absolute atomic E-state index is 13.0. The van der Waals surface area contributed by atoms with Crippen LogP contribution in [-0.4, -0.2) is 71.2 Å². The number of likely N-dealkylation sites (N-methyl/N-ethyl adjacent to an activating group) is 1. The number of rotatable bonds is 5. The first-order valence-corrected chi connectivity index (χ1v) is 9.84.